The molecular weight excluding hydrogens is 293 g/mol. The zero-order valence-corrected chi connectivity index (χ0v) is 12.4. The van der Waals surface area contributed by atoms with E-state index in [9.17, 15) is 0 Å². The Labute approximate surface area is 127 Å². The minimum absolute atomic E-state index is 0.127. The topological polar surface area (TPSA) is 28.5 Å². The van der Waals surface area contributed by atoms with E-state index in [1.54, 1.807) is 12.3 Å². The maximum atomic E-state index is 6.25. The van der Waals surface area contributed by atoms with Crippen LogP contribution in [-0.2, 0) is 0 Å². The summed E-state index contributed by atoms with van der Waals surface area (Å²) < 4.78 is 0. The van der Waals surface area contributed by atoms with E-state index >= 15 is 0 Å². The molecule has 0 aliphatic carbocycles. The third-order valence-electron chi connectivity index (χ3n) is 3.25. The van der Waals surface area contributed by atoms with Gasteiger partial charge in [-0.15, -0.1) is 0 Å². The SMILES string of the molecule is CC1=NN(c2ncc(Cl)cc2Cl)C(c2ccccc2)C1. The molecule has 3 rings (SSSR count). The second kappa shape index (κ2) is 5.43. The summed E-state index contributed by atoms with van der Waals surface area (Å²) in [6, 6.07) is 12.1. The summed E-state index contributed by atoms with van der Waals surface area (Å²) in [6.45, 7) is 2.01. The van der Waals surface area contributed by atoms with Gasteiger partial charge in [-0.2, -0.15) is 5.10 Å². The van der Waals surface area contributed by atoms with Gasteiger partial charge in [0.15, 0.2) is 5.82 Å². The quantitative estimate of drug-likeness (QED) is 0.803. The third-order valence-corrected chi connectivity index (χ3v) is 3.74. The summed E-state index contributed by atoms with van der Waals surface area (Å²) in [5.74, 6) is 0.641. The fraction of sp³-hybridized carbons (Fsp3) is 0.200. The van der Waals surface area contributed by atoms with Gasteiger partial charge in [-0.1, -0.05) is 53.5 Å². The molecule has 1 atom stereocenters. The summed E-state index contributed by atoms with van der Waals surface area (Å²) in [5.41, 5.74) is 2.26. The van der Waals surface area contributed by atoms with Crippen molar-refractivity contribution in [1.82, 2.24) is 4.98 Å². The van der Waals surface area contributed by atoms with Crippen molar-refractivity contribution in [3.8, 4) is 0 Å². The average molecular weight is 306 g/mol. The Morgan fingerprint density at radius 3 is 2.65 bits per heavy atom. The molecule has 0 fully saturated rings. The van der Waals surface area contributed by atoms with E-state index in [1.807, 2.05) is 30.1 Å². The van der Waals surface area contributed by atoms with Crippen LogP contribution in [0, 0.1) is 0 Å². The normalized spacial score (nSPS) is 18.2. The standard InChI is InChI=1S/C15H13Cl2N3/c1-10-7-14(11-5-3-2-4-6-11)20(19-10)15-13(17)8-12(16)9-18-15/h2-6,8-9,14H,7H2,1H3. The lowest BCUT2D eigenvalue weighted by Crippen LogP contribution is -2.19. The van der Waals surface area contributed by atoms with Crippen LogP contribution in [0.15, 0.2) is 47.7 Å². The van der Waals surface area contributed by atoms with Gasteiger partial charge in [-0.05, 0) is 18.6 Å². The molecule has 1 aliphatic heterocycles. The number of aromatic nitrogens is 1. The van der Waals surface area contributed by atoms with E-state index in [2.05, 4.69) is 22.2 Å². The van der Waals surface area contributed by atoms with E-state index in [1.165, 1.54) is 5.56 Å². The van der Waals surface area contributed by atoms with E-state index in [4.69, 9.17) is 23.2 Å². The van der Waals surface area contributed by atoms with Crippen molar-refractivity contribution in [3.63, 3.8) is 0 Å². The number of hydrogen-bond acceptors (Lipinski definition) is 3. The van der Waals surface area contributed by atoms with Crippen LogP contribution in [0.25, 0.3) is 0 Å². The van der Waals surface area contributed by atoms with Crippen LogP contribution in [0.3, 0.4) is 0 Å². The van der Waals surface area contributed by atoms with E-state index in [-0.39, 0.29) is 6.04 Å². The highest BCUT2D eigenvalue weighted by Gasteiger charge is 2.29. The Morgan fingerprint density at radius 2 is 1.95 bits per heavy atom. The highest BCUT2D eigenvalue weighted by Crippen LogP contribution is 2.37. The van der Waals surface area contributed by atoms with Gasteiger partial charge >= 0.3 is 0 Å². The monoisotopic (exact) mass is 305 g/mol. The largest absolute Gasteiger partial charge is 0.239 e. The molecule has 0 amide bonds. The molecule has 1 aliphatic rings. The average Bonchev–Trinajstić information content (AvgIpc) is 2.81. The molecule has 0 spiro atoms. The highest BCUT2D eigenvalue weighted by atomic mass is 35.5. The van der Waals surface area contributed by atoms with E-state index < -0.39 is 0 Å². The predicted molar refractivity (Wildman–Crippen MR) is 83.6 cm³/mol. The number of rotatable bonds is 2. The minimum Gasteiger partial charge on any atom is -0.239 e. The van der Waals surface area contributed by atoms with Crippen LogP contribution < -0.4 is 5.01 Å². The first-order chi connectivity index (χ1) is 9.65. The first-order valence-corrected chi connectivity index (χ1v) is 7.10. The summed E-state index contributed by atoms with van der Waals surface area (Å²) in [4.78, 5) is 4.32. The number of pyridine rings is 1. The molecular formula is C15H13Cl2N3. The number of anilines is 1. The fourth-order valence-electron chi connectivity index (χ4n) is 2.37. The van der Waals surface area contributed by atoms with Crippen molar-refractivity contribution >= 4 is 34.7 Å². The zero-order chi connectivity index (χ0) is 14.1. The van der Waals surface area contributed by atoms with Crippen LogP contribution in [0.1, 0.15) is 24.9 Å². The molecule has 0 saturated carbocycles. The summed E-state index contributed by atoms with van der Waals surface area (Å²) in [7, 11) is 0. The minimum atomic E-state index is 0.127. The van der Waals surface area contributed by atoms with E-state index in [0.717, 1.165) is 12.1 Å². The molecule has 0 saturated heterocycles. The van der Waals surface area contributed by atoms with Gasteiger partial charge in [0.25, 0.3) is 0 Å². The maximum Gasteiger partial charge on any atom is 0.168 e. The second-order valence-corrected chi connectivity index (χ2v) is 5.61. The molecule has 102 valence electrons. The molecule has 1 aromatic carbocycles. The highest BCUT2D eigenvalue weighted by molar-refractivity contribution is 6.36. The third kappa shape index (κ3) is 2.51. The van der Waals surface area contributed by atoms with Crippen LogP contribution in [0.2, 0.25) is 10.0 Å². The molecule has 5 heteroatoms. The van der Waals surface area contributed by atoms with Crippen molar-refractivity contribution in [2.75, 3.05) is 5.01 Å². The van der Waals surface area contributed by atoms with Gasteiger partial charge in [-0.3, -0.25) is 0 Å². The molecule has 1 aromatic heterocycles. The summed E-state index contributed by atoms with van der Waals surface area (Å²) >= 11 is 12.2. The van der Waals surface area contributed by atoms with Gasteiger partial charge in [0.2, 0.25) is 0 Å². The number of hydrogen-bond donors (Lipinski definition) is 0. The van der Waals surface area contributed by atoms with Crippen molar-refractivity contribution in [1.29, 1.82) is 0 Å². The summed E-state index contributed by atoms with van der Waals surface area (Å²) in [5, 5.41) is 7.48. The molecule has 2 heterocycles. The van der Waals surface area contributed by atoms with E-state index in [0.29, 0.717) is 15.9 Å². The Kier molecular flexibility index (Phi) is 3.64. The van der Waals surface area contributed by atoms with Crippen LogP contribution in [0.5, 0.6) is 0 Å². The van der Waals surface area contributed by atoms with Crippen molar-refractivity contribution in [3.05, 3.63) is 58.2 Å². The molecule has 0 radical (unpaired) electrons. The molecule has 0 N–H and O–H groups in total. The second-order valence-electron chi connectivity index (χ2n) is 4.77. The number of hydrazone groups is 1. The van der Waals surface area contributed by atoms with Crippen molar-refractivity contribution < 1.29 is 0 Å². The van der Waals surface area contributed by atoms with Crippen LogP contribution in [0.4, 0.5) is 5.82 Å². The lowest BCUT2D eigenvalue weighted by molar-refractivity contribution is 0.699. The molecule has 3 nitrogen and oxygen atoms in total. The first kappa shape index (κ1) is 13.4. The Morgan fingerprint density at radius 1 is 1.20 bits per heavy atom. The van der Waals surface area contributed by atoms with Gasteiger partial charge in [0.05, 0.1) is 16.1 Å². The van der Waals surface area contributed by atoms with Crippen molar-refractivity contribution in [2.24, 2.45) is 5.10 Å². The number of halogens is 2. The number of benzene rings is 1. The van der Waals surface area contributed by atoms with Crippen LogP contribution in [-0.4, -0.2) is 10.7 Å². The maximum absolute atomic E-state index is 6.25. The molecule has 20 heavy (non-hydrogen) atoms. The molecule has 2 aromatic rings. The van der Waals surface area contributed by atoms with Gasteiger partial charge in [-0.25, -0.2) is 9.99 Å². The Bertz CT molecular complexity index is 655. The lowest BCUT2D eigenvalue weighted by atomic mass is 10.0. The summed E-state index contributed by atoms with van der Waals surface area (Å²) in [6.07, 6.45) is 2.46. The van der Waals surface area contributed by atoms with Gasteiger partial charge < -0.3 is 0 Å². The van der Waals surface area contributed by atoms with Crippen molar-refractivity contribution in [2.45, 2.75) is 19.4 Å². The Hall–Kier alpha value is -1.58. The van der Waals surface area contributed by atoms with Crippen LogP contribution >= 0.6 is 23.2 Å². The predicted octanol–water partition coefficient (Wildman–Crippen LogP) is 4.72. The molecule has 1 unspecified atom stereocenters. The smallest absolute Gasteiger partial charge is 0.168 e. The Balaban J connectivity index is 2.01. The first-order valence-electron chi connectivity index (χ1n) is 6.34. The van der Waals surface area contributed by atoms with Gasteiger partial charge in [0, 0.05) is 18.3 Å². The molecule has 0 bridgehead atoms. The fourth-order valence-corrected chi connectivity index (χ4v) is 2.83. The zero-order valence-electron chi connectivity index (χ0n) is 10.9. The number of nitrogens with zero attached hydrogens (tertiary/aromatic N) is 3. The lowest BCUT2D eigenvalue weighted by Gasteiger charge is -2.23. The van der Waals surface area contributed by atoms with Gasteiger partial charge in [0.1, 0.15) is 0 Å².